The van der Waals surface area contributed by atoms with Crippen LogP contribution in [0.1, 0.15) is 32.6 Å². The van der Waals surface area contributed by atoms with Gasteiger partial charge in [0.1, 0.15) is 5.75 Å². The lowest BCUT2D eigenvalue weighted by Crippen LogP contribution is -2.46. The maximum Gasteiger partial charge on any atom is 0.573 e. The third kappa shape index (κ3) is 5.77. The number of rotatable bonds is 4. The number of carbonyl (C=O) groups excluding carboxylic acids is 2. The monoisotopic (exact) mass is 435 g/mol. The molecule has 166 valence electrons. The summed E-state index contributed by atoms with van der Waals surface area (Å²) in [6.45, 7) is 2.17. The minimum atomic E-state index is -4.74. The fraction of sp³-hybridized carbons (Fsp3) is 0.391. The van der Waals surface area contributed by atoms with E-state index in [9.17, 15) is 22.8 Å². The molecule has 3 rings (SSSR count). The number of methoxy groups -OCH3 is 1. The summed E-state index contributed by atoms with van der Waals surface area (Å²) in [7, 11) is 1.18. The minimum Gasteiger partial charge on any atom is -0.462 e. The van der Waals surface area contributed by atoms with Crippen molar-refractivity contribution in [3.05, 3.63) is 48.5 Å². The van der Waals surface area contributed by atoms with Gasteiger partial charge in [-0.3, -0.25) is 9.69 Å². The highest BCUT2D eigenvalue weighted by molar-refractivity contribution is 6.38. The maximum absolute atomic E-state index is 12.7. The van der Waals surface area contributed by atoms with Crippen LogP contribution in [0, 0.1) is 5.92 Å². The second-order valence-corrected chi connectivity index (χ2v) is 7.70. The Balaban J connectivity index is 1.82. The number of alkyl halides is 3. The van der Waals surface area contributed by atoms with E-state index in [2.05, 4.69) is 16.4 Å². The standard InChI is InChI=1S/C23H24F3NO4/c1-15-3-9-18(10-4-15)27(21(28)22(29)30-2)19-11-5-16(6-12-19)17-7-13-20(14-8-17)31-23(24,25)26/h5-8,11-15,18H,3-4,9-10H2,1-2H3/t15-,18-. The van der Waals surface area contributed by atoms with Crippen LogP contribution in [-0.4, -0.2) is 31.4 Å². The Hall–Kier alpha value is -3.03. The molecule has 0 aliphatic heterocycles. The summed E-state index contributed by atoms with van der Waals surface area (Å²) in [6, 6.07) is 12.4. The lowest BCUT2D eigenvalue weighted by atomic mass is 9.86. The van der Waals surface area contributed by atoms with Crippen molar-refractivity contribution in [1.82, 2.24) is 0 Å². The first kappa shape index (κ1) is 22.7. The molecule has 2 aromatic rings. The van der Waals surface area contributed by atoms with E-state index in [0.717, 1.165) is 31.2 Å². The first-order valence-electron chi connectivity index (χ1n) is 10.1. The highest BCUT2D eigenvalue weighted by atomic mass is 19.4. The van der Waals surface area contributed by atoms with Crippen LogP contribution in [0.5, 0.6) is 5.75 Å². The van der Waals surface area contributed by atoms with Gasteiger partial charge in [-0.2, -0.15) is 0 Å². The Kier molecular flexibility index (Phi) is 6.87. The summed E-state index contributed by atoms with van der Waals surface area (Å²) in [5.41, 5.74) is 2.03. The van der Waals surface area contributed by atoms with Crippen LogP contribution < -0.4 is 9.64 Å². The highest BCUT2D eigenvalue weighted by Gasteiger charge is 2.33. The fourth-order valence-electron chi connectivity index (χ4n) is 3.84. The SMILES string of the molecule is COC(=O)C(=O)N(c1ccc(-c2ccc(OC(F)(F)F)cc2)cc1)[C@H]1CC[C@H](C)CC1. The van der Waals surface area contributed by atoms with Crippen LogP contribution in [0.4, 0.5) is 18.9 Å². The quantitative estimate of drug-likeness (QED) is 0.481. The average Bonchev–Trinajstić information content (AvgIpc) is 2.74. The van der Waals surface area contributed by atoms with Gasteiger partial charge in [0, 0.05) is 11.7 Å². The predicted octanol–water partition coefficient (Wildman–Crippen LogP) is 5.34. The topological polar surface area (TPSA) is 55.8 Å². The van der Waals surface area contributed by atoms with Crippen LogP contribution in [0.25, 0.3) is 11.1 Å². The van der Waals surface area contributed by atoms with Crippen molar-refractivity contribution in [1.29, 1.82) is 0 Å². The number of hydrogen-bond acceptors (Lipinski definition) is 4. The molecule has 0 unspecified atom stereocenters. The zero-order valence-corrected chi connectivity index (χ0v) is 17.3. The van der Waals surface area contributed by atoms with Crippen LogP contribution in [0.3, 0.4) is 0 Å². The molecule has 1 amide bonds. The number of esters is 1. The van der Waals surface area contributed by atoms with Crippen molar-refractivity contribution in [3.63, 3.8) is 0 Å². The molecule has 0 aromatic heterocycles. The Morgan fingerprint density at radius 1 is 0.903 bits per heavy atom. The Morgan fingerprint density at radius 3 is 1.90 bits per heavy atom. The number of halogens is 3. The van der Waals surface area contributed by atoms with E-state index >= 15 is 0 Å². The van der Waals surface area contributed by atoms with Gasteiger partial charge in [-0.25, -0.2) is 4.79 Å². The molecule has 5 nitrogen and oxygen atoms in total. The molecule has 0 heterocycles. The normalized spacial score (nSPS) is 18.9. The van der Waals surface area contributed by atoms with Crippen LogP contribution >= 0.6 is 0 Å². The van der Waals surface area contributed by atoms with Gasteiger partial charge in [0.2, 0.25) is 0 Å². The Bertz CT molecular complexity index is 902. The number of ether oxygens (including phenoxy) is 2. The zero-order chi connectivity index (χ0) is 22.6. The van der Waals surface area contributed by atoms with Gasteiger partial charge >= 0.3 is 18.2 Å². The van der Waals surface area contributed by atoms with E-state index in [-0.39, 0.29) is 11.8 Å². The minimum absolute atomic E-state index is 0.0903. The van der Waals surface area contributed by atoms with E-state index in [4.69, 9.17) is 0 Å². The van der Waals surface area contributed by atoms with Gasteiger partial charge < -0.3 is 9.47 Å². The fourth-order valence-corrected chi connectivity index (χ4v) is 3.84. The maximum atomic E-state index is 12.7. The summed E-state index contributed by atoms with van der Waals surface area (Å²) < 4.78 is 45.5. The summed E-state index contributed by atoms with van der Waals surface area (Å²) >= 11 is 0. The molecular formula is C23H24F3NO4. The average molecular weight is 435 g/mol. The number of hydrogen-bond donors (Lipinski definition) is 0. The molecule has 1 aliphatic rings. The van der Waals surface area contributed by atoms with E-state index < -0.39 is 18.2 Å². The summed E-state index contributed by atoms with van der Waals surface area (Å²) in [6.07, 6.45) is -1.20. The number of benzene rings is 2. The highest BCUT2D eigenvalue weighted by Crippen LogP contribution is 2.32. The van der Waals surface area contributed by atoms with Gasteiger partial charge in [-0.1, -0.05) is 31.2 Å². The molecule has 0 saturated heterocycles. The van der Waals surface area contributed by atoms with Crippen molar-refractivity contribution >= 4 is 17.6 Å². The summed E-state index contributed by atoms with van der Waals surface area (Å²) in [5, 5.41) is 0. The predicted molar refractivity (Wildman–Crippen MR) is 109 cm³/mol. The molecule has 1 saturated carbocycles. The molecular weight excluding hydrogens is 411 g/mol. The molecule has 1 fully saturated rings. The molecule has 0 bridgehead atoms. The van der Waals surface area contributed by atoms with E-state index in [1.165, 1.54) is 36.3 Å². The van der Waals surface area contributed by atoms with Gasteiger partial charge in [0.05, 0.1) is 7.11 Å². The molecule has 2 aromatic carbocycles. The van der Waals surface area contributed by atoms with E-state index in [1.54, 1.807) is 24.3 Å². The van der Waals surface area contributed by atoms with Crippen LogP contribution in [-0.2, 0) is 14.3 Å². The molecule has 1 aliphatic carbocycles. The van der Waals surface area contributed by atoms with Gasteiger partial charge in [0.15, 0.2) is 0 Å². The first-order valence-corrected chi connectivity index (χ1v) is 10.1. The second-order valence-electron chi connectivity index (χ2n) is 7.70. The third-order valence-corrected chi connectivity index (χ3v) is 5.50. The first-order chi connectivity index (χ1) is 14.7. The number of amides is 1. The van der Waals surface area contributed by atoms with Crippen LogP contribution in [0.2, 0.25) is 0 Å². The Morgan fingerprint density at radius 2 is 1.42 bits per heavy atom. The number of nitrogens with zero attached hydrogens (tertiary/aromatic N) is 1. The van der Waals surface area contributed by atoms with Crippen molar-refractivity contribution in [2.45, 2.75) is 45.0 Å². The lowest BCUT2D eigenvalue weighted by Gasteiger charge is -2.35. The molecule has 0 atom stereocenters. The van der Waals surface area contributed by atoms with E-state index in [0.29, 0.717) is 17.2 Å². The summed E-state index contributed by atoms with van der Waals surface area (Å²) in [4.78, 5) is 26.2. The molecule has 31 heavy (non-hydrogen) atoms. The molecule has 0 N–H and O–H groups in total. The van der Waals surface area contributed by atoms with Gasteiger partial charge in [-0.05, 0) is 67.0 Å². The molecule has 0 spiro atoms. The zero-order valence-electron chi connectivity index (χ0n) is 17.3. The van der Waals surface area contributed by atoms with Crippen molar-refractivity contribution < 1.29 is 32.2 Å². The van der Waals surface area contributed by atoms with Gasteiger partial charge in [-0.15, -0.1) is 13.2 Å². The molecule has 0 radical (unpaired) electrons. The van der Waals surface area contributed by atoms with Crippen molar-refractivity contribution in [2.24, 2.45) is 5.92 Å². The van der Waals surface area contributed by atoms with Crippen molar-refractivity contribution in [2.75, 3.05) is 12.0 Å². The Labute approximate surface area is 178 Å². The number of carbonyl (C=O) groups is 2. The summed E-state index contributed by atoms with van der Waals surface area (Å²) in [5.74, 6) is -1.33. The third-order valence-electron chi connectivity index (χ3n) is 5.50. The largest absolute Gasteiger partial charge is 0.573 e. The van der Waals surface area contributed by atoms with Crippen molar-refractivity contribution in [3.8, 4) is 16.9 Å². The van der Waals surface area contributed by atoms with Gasteiger partial charge in [0.25, 0.3) is 0 Å². The smallest absolute Gasteiger partial charge is 0.462 e. The second kappa shape index (κ2) is 9.41. The molecule has 8 heteroatoms. The lowest BCUT2D eigenvalue weighted by molar-refractivity contribution is -0.274. The van der Waals surface area contributed by atoms with E-state index in [1.807, 2.05) is 0 Å². The number of anilines is 1. The van der Waals surface area contributed by atoms with Crippen LogP contribution in [0.15, 0.2) is 48.5 Å².